The zero-order valence-corrected chi connectivity index (χ0v) is 38.8. The predicted octanol–water partition coefficient (Wildman–Crippen LogP) is 13.9. The molecule has 2 atom stereocenters. The van der Waals surface area contributed by atoms with Crippen LogP contribution in [0, 0.1) is 0 Å². The van der Waals surface area contributed by atoms with Crippen LogP contribution >= 0.6 is 7.82 Å². The minimum absolute atomic E-state index is 0.0765. The number of carbonyl (C=O) groups is 2. The second-order valence-electron chi connectivity index (χ2n) is 16.1. The van der Waals surface area contributed by atoms with Gasteiger partial charge in [-0.25, -0.2) is 4.57 Å². The summed E-state index contributed by atoms with van der Waals surface area (Å²) in [5.41, 5.74) is 0. The second-order valence-corrected chi connectivity index (χ2v) is 17.5. The molecular formula is C49H90NO8P. The highest BCUT2D eigenvalue weighted by atomic mass is 31.2. The van der Waals surface area contributed by atoms with E-state index >= 15 is 0 Å². The van der Waals surface area contributed by atoms with Gasteiger partial charge in [0.15, 0.2) is 0 Å². The first kappa shape index (κ1) is 57.0. The highest BCUT2D eigenvalue weighted by molar-refractivity contribution is 7.47. The number of aliphatic hydroxyl groups excluding tert-OH is 1. The summed E-state index contributed by atoms with van der Waals surface area (Å²) in [5.74, 6) is -0.527. The van der Waals surface area contributed by atoms with E-state index in [1.165, 1.54) is 128 Å². The molecule has 0 heterocycles. The molecule has 0 aromatic rings. The van der Waals surface area contributed by atoms with E-state index in [2.05, 4.69) is 67.8 Å². The van der Waals surface area contributed by atoms with Gasteiger partial charge < -0.3 is 20.1 Å². The number of phosphoric ester groups is 1. The van der Waals surface area contributed by atoms with Crippen molar-refractivity contribution in [2.24, 2.45) is 0 Å². The Kier molecular flexibility index (Phi) is 43.9. The first-order chi connectivity index (χ1) is 28.8. The monoisotopic (exact) mass is 852 g/mol. The molecule has 0 aliphatic heterocycles. The molecule has 0 saturated carbocycles. The molecule has 0 aliphatic carbocycles. The van der Waals surface area contributed by atoms with E-state index in [4.69, 9.17) is 13.8 Å². The number of ether oxygens (including phenoxy) is 1. The van der Waals surface area contributed by atoms with E-state index in [1.54, 1.807) is 0 Å². The highest BCUT2D eigenvalue weighted by Gasteiger charge is 2.23. The third kappa shape index (κ3) is 46.9. The van der Waals surface area contributed by atoms with Gasteiger partial charge in [-0.15, -0.1) is 0 Å². The van der Waals surface area contributed by atoms with Crippen LogP contribution in [0.25, 0.3) is 0 Å². The van der Waals surface area contributed by atoms with Crippen LogP contribution in [0.1, 0.15) is 219 Å². The summed E-state index contributed by atoms with van der Waals surface area (Å²) in [6.07, 6.45) is 53.3. The van der Waals surface area contributed by atoms with Crippen LogP contribution in [0.3, 0.4) is 0 Å². The highest BCUT2D eigenvalue weighted by Crippen LogP contribution is 2.42. The van der Waals surface area contributed by atoms with E-state index in [0.29, 0.717) is 6.42 Å². The molecule has 0 spiro atoms. The average molecular weight is 852 g/mol. The fourth-order valence-corrected chi connectivity index (χ4v) is 7.32. The maximum absolute atomic E-state index is 12.1. The molecule has 9 nitrogen and oxygen atoms in total. The quantitative estimate of drug-likeness (QED) is 0.0239. The van der Waals surface area contributed by atoms with E-state index in [9.17, 15) is 24.2 Å². The van der Waals surface area contributed by atoms with Gasteiger partial charge in [0.1, 0.15) is 12.7 Å². The molecule has 3 N–H and O–H groups in total. The van der Waals surface area contributed by atoms with Crippen LogP contribution in [0.5, 0.6) is 0 Å². The lowest BCUT2D eigenvalue weighted by Gasteiger charge is -2.15. The van der Waals surface area contributed by atoms with Crippen LogP contribution in [0.4, 0.5) is 0 Å². The van der Waals surface area contributed by atoms with Gasteiger partial charge in [0.2, 0.25) is 5.91 Å². The molecule has 0 rings (SSSR count). The normalized spacial score (nSPS) is 13.6. The van der Waals surface area contributed by atoms with Crippen LogP contribution in [-0.2, 0) is 27.9 Å². The van der Waals surface area contributed by atoms with Crippen molar-refractivity contribution < 1.29 is 37.9 Å². The number of phosphoric acid groups is 1. The Labute approximate surface area is 362 Å². The molecule has 10 heteroatoms. The molecule has 344 valence electrons. The fraction of sp³-hybridized carbons (Fsp3) is 0.796. The lowest BCUT2D eigenvalue weighted by atomic mass is 10.1. The number of hydrogen-bond acceptors (Lipinski definition) is 7. The van der Waals surface area contributed by atoms with Crippen molar-refractivity contribution >= 4 is 19.7 Å². The van der Waals surface area contributed by atoms with Crippen molar-refractivity contribution in [3.8, 4) is 0 Å². The Hall–Kier alpha value is -2.03. The maximum atomic E-state index is 12.1. The van der Waals surface area contributed by atoms with Crippen LogP contribution in [-0.4, -0.2) is 54.3 Å². The number of esters is 1. The standard InChI is InChI=1S/C49H90NO8P/c1-3-5-7-9-11-13-15-17-19-20-21-22-23-24-25-26-28-30-32-34-36-38-40-42-49(53)56-45-47(51)46-58-59(54,55)57-44-43-50-48(52)41-39-37-35-33-31-29-27-18-16-14-12-10-8-6-4-2/h11,13,17-19,21-22,27,47,51H,3-10,12,14-16,20,23-26,28-46H2,1-2H3,(H,50,52)(H,54,55)/b13-11-,19-17-,22-21-,27-18-. The summed E-state index contributed by atoms with van der Waals surface area (Å²) in [5, 5.41) is 12.7. The van der Waals surface area contributed by atoms with Gasteiger partial charge in [0.05, 0.1) is 13.2 Å². The van der Waals surface area contributed by atoms with E-state index in [0.717, 1.165) is 64.2 Å². The van der Waals surface area contributed by atoms with Gasteiger partial charge in [0.25, 0.3) is 0 Å². The Morgan fingerprint density at radius 2 is 0.915 bits per heavy atom. The Bertz CT molecular complexity index is 1110. The summed E-state index contributed by atoms with van der Waals surface area (Å²) >= 11 is 0. The summed E-state index contributed by atoms with van der Waals surface area (Å²) in [6.45, 7) is 3.52. The van der Waals surface area contributed by atoms with E-state index in [1.807, 2.05) is 0 Å². The topological polar surface area (TPSA) is 131 Å². The molecule has 0 fully saturated rings. The first-order valence-corrected chi connectivity index (χ1v) is 25.6. The number of amides is 1. The number of aliphatic hydroxyl groups is 1. The minimum Gasteiger partial charge on any atom is -0.463 e. The lowest BCUT2D eigenvalue weighted by Crippen LogP contribution is -2.27. The van der Waals surface area contributed by atoms with Crippen molar-refractivity contribution in [3.05, 3.63) is 48.6 Å². The molecule has 0 aromatic heterocycles. The zero-order chi connectivity index (χ0) is 43.2. The van der Waals surface area contributed by atoms with Gasteiger partial charge >= 0.3 is 13.8 Å². The van der Waals surface area contributed by atoms with Gasteiger partial charge in [-0.1, -0.05) is 178 Å². The number of unbranched alkanes of at least 4 members (excludes halogenated alkanes) is 24. The summed E-state index contributed by atoms with van der Waals surface area (Å²) < 4.78 is 26.9. The molecule has 2 unspecified atom stereocenters. The van der Waals surface area contributed by atoms with Crippen molar-refractivity contribution in [2.75, 3.05) is 26.4 Å². The Morgan fingerprint density at radius 1 is 0.525 bits per heavy atom. The molecule has 0 bridgehead atoms. The predicted molar refractivity (Wildman–Crippen MR) is 247 cm³/mol. The van der Waals surface area contributed by atoms with Crippen molar-refractivity contribution in [1.29, 1.82) is 0 Å². The summed E-state index contributed by atoms with van der Waals surface area (Å²) in [6, 6.07) is 0. The van der Waals surface area contributed by atoms with Crippen molar-refractivity contribution in [1.82, 2.24) is 5.32 Å². The molecule has 0 aromatic carbocycles. The van der Waals surface area contributed by atoms with Crippen molar-refractivity contribution in [3.63, 3.8) is 0 Å². The SMILES string of the molecule is CCCCC/C=C\C/C=C\C/C=C\CCCCCCCCCCCCC(=O)OCC(O)COP(=O)(O)OCCNC(=O)CCCCCCC/C=C\CCCCCCCC. The molecule has 1 amide bonds. The minimum atomic E-state index is -4.42. The van der Waals surface area contributed by atoms with Gasteiger partial charge in [-0.05, 0) is 77.0 Å². The number of nitrogens with one attached hydrogen (secondary N) is 1. The van der Waals surface area contributed by atoms with Crippen LogP contribution < -0.4 is 5.32 Å². The first-order valence-electron chi connectivity index (χ1n) is 24.1. The molecule has 0 radical (unpaired) electrons. The van der Waals surface area contributed by atoms with E-state index in [-0.39, 0.29) is 32.1 Å². The van der Waals surface area contributed by atoms with Crippen LogP contribution in [0.15, 0.2) is 48.6 Å². The summed E-state index contributed by atoms with van der Waals surface area (Å²) in [4.78, 5) is 34.0. The van der Waals surface area contributed by atoms with Gasteiger partial charge in [-0.3, -0.25) is 18.6 Å². The third-order valence-electron chi connectivity index (χ3n) is 10.2. The number of allylic oxidation sites excluding steroid dienone is 8. The Balaban J connectivity index is 3.58. The van der Waals surface area contributed by atoms with E-state index < -0.39 is 26.5 Å². The smallest absolute Gasteiger partial charge is 0.463 e. The average Bonchev–Trinajstić information content (AvgIpc) is 3.22. The molecule has 0 aliphatic rings. The summed E-state index contributed by atoms with van der Waals surface area (Å²) in [7, 11) is -4.42. The molecular weight excluding hydrogens is 762 g/mol. The second kappa shape index (κ2) is 45.5. The van der Waals surface area contributed by atoms with Crippen LogP contribution in [0.2, 0.25) is 0 Å². The Morgan fingerprint density at radius 3 is 1.42 bits per heavy atom. The lowest BCUT2D eigenvalue weighted by molar-refractivity contribution is -0.147. The maximum Gasteiger partial charge on any atom is 0.472 e. The number of carbonyl (C=O) groups excluding carboxylic acids is 2. The number of hydrogen-bond donors (Lipinski definition) is 3. The largest absolute Gasteiger partial charge is 0.472 e. The third-order valence-corrected chi connectivity index (χ3v) is 11.2. The number of rotatable bonds is 45. The molecule has 59 heavy (non-hydrogen) atoms. The fourth-order valence-electron chi connectivity index (χ4n) is 6.56. The van der Waals surface area contributed by atoms with Crippen molar-refractivity contribution in [2.45, 2.75) is 225 Å². The van der Waals surface area contributed by atoms with Gasteiger partial charge in [0, 0.05) is 19.4 Å². The van der Waals surface area contributed by atoms with Gasteiger partial charge in [-0.2, -0.15) is 0 Å². The zero-order valence-electron chi connectivity index (χ0n) is 37.9. The molecule has 0 saturated heterocycles.